The molecule has 1 aliphatic heterocycles. The van der Waals surface area contributed by atoms with Crippen molar-refractivity contribution < 1.29 is 4.79 Å². The molecule has 0 fully saturated rings. The van der Waals surface area contributed by atoms with Crippen LogP contribution in [-0.2, 0) is 11.2 Å². The lowest BCUT2D eigenvalue weighted by Crippen LogP contribution is -2.38. The van der Waals surface area contributed by atoms with Gasteiger partial charge in [-0.05, 0) is 36.0 Å². The lowest BCUT2D eigenvalue weighted by Gasteiger charge is -2.31. The van der Waals surface area contributed by atoms with Crippen LogP contribution in [0, 0.1) is 5.92 Å². The topological polar surface area (TPSA) is 20.3 Å². The van der Waals surface area contributed by atoms with Gasteiger partial charge in [0, 0.05) is 18.2 Å². The number of anilines is 1. The Bertz CT molecular complexity index is 448. The summed E-state index contributed by atoms with van der Waals surface area (Å²) in [6.07, 6.45) is 2.17. The summed E-state index contributed by atoms with van der Waals surface area (Å²) in [5.41, 5.74) is 3.83. The fraction of sp³-hybridized carbons (Fsp3) is 0.562. The van der Waals surface area contributed by atoms with E-state index in [1.54, 1.807) is 0 Å². The Labute approximate surface area is 110 Å². The number of nitrogens with zero attached hydrogens (tertiary/aromatic N) is 1. The molecule has 1 aromatic carbocycles. The van der Waals surface area contributed by atoms with Gasteiger partial charge in [0.2, 0.25) is 5.91 Å². The van der Waals surface area contributed by atoms with Gasteiger partial charge < -0.3 is 4.90 Å². The predicted molar refractivity (Wildman–Crippen MR) is 76.0 cm³/mol. The molecule has 0 aromatic heterocycles. The molecule has 98 valence electrons. The minimum atomic E-state index is 0.0701. The lowest BCUT2D eigenvalue weighted by molar-refractivity contribution is -0.121. The van der Waals surface area contributed by atoms with Crippen molar-refractivity contribution in [2.24, 2.45) is 5.92 Å². The van der Waals surface area contributed by atoms with Crippen LogP contribution in [0.15, 0.2) is 18.2 Å². The van der Waals surface area contributed by atoms with E-state index in [0.717, 1.165) is 25.1 Å². The molecule has 0 N–H and O–H groups in total. The second-order valence-corrected chi connectivity index (χ2v) is 5.79. The lowest BCUT2D eigenvalue weighted by atomic mass is 9.94. The third-order valence-electron chi connectivity index (χ3n) is 3.65. The van der Waals surface area contributed by atoms with Crippen molar-refractivity contribution in [1.82, 2.24) is 0 Å². The average molecular weight is 245 g/mol. The maximum atomic E-state index is 12.2. The molecular weight excluding hydrogens is 222 g/mol. The first-order valence-electron chi connectivity index (χ1n) is 6.95. The normalized spacial score (nSPS) is 15.1. The molecule has 2 rings (SSSR count). The molecule has 2 nitrogen and oxygen atoms in total. The smallest absolute Gasteiger partial charge is 0.229 e. The first-order valence-corrected chi connectivity index (χ1v) is 6.95. The van der Waals surface area contributed by atoms with E-state index < -0.39 is 0 Å². The van der Waals surface area contributed by atoms with Crippen molar-refractivity contribution in [3.8, 4) is 0 Å². The Morgan fingerprint density at radius 3 is 2.56 bits per heavy atom. The van der Waals surface area contributed by atoms with Crippen molar-refractivity contribution in [2.75, 3.05) is 11.4 Å². The van der Waals surface area contributed by atoms with Crippen LogP contribution in [0.5, 0.6) is 0 Å². The molecule has 0 spiro atoms. The van der Waals surface area contributed by atoms with Crippen LogP contribution >= 0.6 is 0 Å². The largest absolute Gasteiger partial charge is 0.312 e. The zero-order chi connectivity index (χ0) is 13.3. The predicted octanol–water partition coefficient (Wildman–Crippen LogP) is 3.75. The summed E-state index contributed by atoms with van der Waals surface area (Å²) in [4.78, 5) is 14.2. The molecule has 0 saturated carbocycles. The summed E-state index contributed by atoms with van der Waals surface area (Å²) in [5, 5.41) is 0. The van der Waals surface area contributed by atoms with Crippen LogP contribution in [0.2, 0.25) is 0 Å². The summed E-state index contributed by atoms with van der Waals surface area (Å²) in [6.45, 7) is 9.23. The molecule has 2 heteroatoms. The SMILES string of the molecule is CC(C)C(=O)N1CCCc2cc(C(C)C)ccc21. The molecule has 0 unspecified atom stereocenters. The van der Waals surface area contributed by atoms with Gasteiger partial charge >= 0.3 is 0 Å². The van der Waals surface area contributed by atoms with E-state index in [9.17, 15) is 4.79 Å². The fourth-order valence-electron chi connectivity index (χ4n) is 2.52. The molecule has 0 aliphatic carbocycles. The number of fused-ring (bicyclic) bond motifs is 1. The summed E-state index contributed by atoms with van der Waals surface area (Å²) >= 11 is 0. The van der Waals surface area contributed by atoms with Crippen LogP contribution < -0.4 is 4.90 Å². The first kappa shape index (κ1) is 13.1. The number of benzene rings is 1. The highest BCUT2D eigenvalue weighted by atomic mass is 16.2. The Hall–Kier alpha value is -1.31. The van der Waals surface area contributed by atoms with Gasteiger partial charge in [0.25, 0.3) is 0 Å². The van der Waals surface area contributed by atoms with Gasteiger partial charge in [-0.2, -0.15) is 0 Å². The van der Waals surface area contributed by atoms with Crippen molar-refractivity contribution >= 4 is 11.6 Å². The maximum absolute atomic E-state index is 12.2. The molecule has 0 atom stereocenters. The van der Waals surface area contributed by atoms with E-state index in [-0.39, 0.29) is 11.8 Å². The molecule has 1 amide bonds. The van der Waals surface area contributed by atoms with Gasteiger partial charge in [-0.25, -0.2) is 0 Å². The molecule has 0 bridgehead atoms. The fourth-order valence-corrected chi connectivity index (χ4v) is 2.52. The van der Waals surface area contributed by atoms with Crippen LogP contribution in [0.25, 0.3) is 0 Å². The van der Waals surface area contributed by atoms with Crippen molar-refractivity contribution in [3.05, 3.63) is 29.3 Å². The molecule has 1 heterocycles. The van der Waals surface area contributed by atoms with E-state index >= 15 is 0 Å². The highest BCUT2D eigenvalue weighted by Crippen LogP contribution is 2.31. The Morgan fingerprint density at radius 2 is 1.94 bits per heavy atom. The summed E-state index contributed by atoms with van der Waals surface area (Å²) in [5.74, 6) is 0.862. The number of rotatable bonds is 2. The van der Waals surface area contributed by atoms with E-state index in [1.165, 1.54) is 11.1 Å². The quantitative estimate of drug-likeness (QED) is 0.777. The van der Waals surface area contributed by atoms with Crippen LogP contribution in [-0.4, -0.2) is 12.5 Å². The second-order valence-electron chi connectivity index (χ2n) is 5.79. The highest BCUT2D eigenvalue weighted by molar-refractivity contribution is 5.95. The zero-order valence-corrected chi connectivity index (χ0v) is 11.9. The van der Waals surface area contributed by atoms with Crippen molar-refractivity contribution in [3.63, 3.8) is 0 Å². The van der Waals surface area contributed by atoms with Crippen LogP contribution in [0.3, 0.4) is 0 Å². The van der Waals surface area contributed by atoms with E-state index in [1.807, 2.05) is 18.7 Å². The summed E-state index contributed by atoms with van der Waals surface area (Å²) in [7, 11) is 0. The van der Waals surface area contributed by atoms with Crippen molar-refractivity contribution in [1.29, 1.82) is 0 Å². The van der Waals surface area contributed by atoms with Crippen molar-refractivity contribution in [2.45, 2.75) is 46.5 Å². The van der Waals surface area contributed by atoms with Gasteiger partial charge in [-0.3, -0.25) is 4.79 Å². The minimum Gasteiger partial charge on any atom is -0.312 e. The molecular formula is C16H23NO. The number of amides is 1. The van der Waals surface area contributed by atoms with E-state index in [4.69, 9.17) is 0 Å². The average Bonchev–Trinajstić information content (AvgIpc) is 2.36. The number of aryl methyl sites for hydroxylation is 1. The van der Waals surface area contributed by atoms with Gasteiger partial charge in [0.15, 0.2) is 0 Å². The van der Waals surface area contributed by atoms with E-state index in [0.29, 0.717) is 5.92 Å². The van der Waals surface area contributed by atoms with Crippen LogP contribution in [0.4, 0.5) is 5.69 Å². The molecule has 1 aromatic rings. The Balaban J connectivity index is 2.36. The summed E-state index contributed by atoms with van der Waals surface area (Å²) in [6, 6.07) is 6.57. The molecule has 1 aliphatic rings. The number of carbonyl (C=O) groups is 1. The van der Waals surface area contributed by atoms with Gasteiger partial charge in [-0.15, -0.1) is 0 Å². The number of hydrogen-bond donors (Lipinski definition) is 0. The molecule has 18 heavy (non-hydrogen) atoms. The molecule has 0 radical (unpaired) electrons. The standard InChI is InChI=1S/C16H23NO/c1-11(2)13-7-8-15-14(10-13)6-5-9-17(15)16(18)12(3)4/h7-8,10-12H,5-6,9H2,1-4H3. The highest BCUT2D eigenvalue weighted by Gasteiger charge is 2.24. The van der Waals surface area contributed by atoms with Gasteiger partial charge in [0.1, 0.15) is 0 Å². The van der Waals surface area contributed by atoms with E-state index in [2.05, 4.69) is 32.0 Å². The maximum Gasteiger partial charge on any atom is 0.229 e. The zero-order valence-electron chi connectivity index (χ0n) is 11.9. The minimum absolute atomic E-state index is 0.0701. The second kappa shape index (κ2) is 5.13. The Kier molecular flexibility index (Phi) is 3.74. The van der Waals surface area contributed by atoms with Gasteiger partial charge in [-0.1, -0.05) is 39.8 Å². The van der Waals surface area contributed by atoms with Gasteiger partial charge in [0.05, 0.1) is 0 Å². The number of carbonyl (C=O) groups excluding carboxylic acids is 1. The third kappa shape index (κ3) is 2.43. The monoisotopic (exact) mass is 245 g/mol. The third-order valence-corrected chi connectivity index (χ3v) is 3.65. The first-order chi connectivity index (χ1) is 8.50. The Morgan fingerprint density at radius 1 is 1.22 bits per heavy atom. The number of hydrogen-bond acceptors (Lipinski definition) is 1. The van der Waals surface area contributed by atoms with Crippen LogP contribution in [0.1, 0.15) is 51.2 Å². The summed E-state index contributed by atoms with van der Waals surface area (Å²) < 4.78 is 0. The molecule has 0 saturated heterocycles.